The first-order valence-corrected chi connectivity index (χ1v) is 5.44. The number of hydrogen-bond acceptors (Lipinski definition) is 3. The van der Waals surface area contributed by atoms with Gasteiger partial charge in [0.2, 0.25) is 0 Å². The monoisotopic (exact) mass is 282 g/mol. The molecule has 1 heterocycles. The molecular formula is C7H11IN2S. The molecule has 1 aromatic heterocycles. The molecule has 62 valence electrons. The highest BCUT2D eigenvalue weighted by Gasteiger charge is 2.11. The number of halogens is 1. The zero-order valence-electron chi connectivity index (χ0n) is 6.30. The molecule has 0 fully saturated rings. The zero-order valence-corrected chi connectivity index (χ0v) is 9.28. The third-order valence-electron chi connectivity index (χ3n) is 1.57. The summed E-state index contributed by atoms with van der Waals surface area (Å²) in [6.45, 7) is 2.13. The number of hydrogen-bond donors (Lipinski definition) is 2. The van der Waals surface area contributed by atoms with E-state index in [2.05, 4.69) is 46.4 Å². The largest absolute Gasteiger partial charge is 0.271 e. The molecule has 1 unspecified atom stereocenters. The van der Waals surface area contributed by atoms with Crippen LogP contribution in [0.25, 0.3) is 0 Å². The predicted molar refractivity (Wildman–Crippen MR) is 57.4 cm³/mol. The summed E-state index contributed by atoms with van der Waals surface area (Å²) >= 11 is 4.09. The van der Waals surface area contributed by atoms with E-state index in [4.69, 9.17) is 5.84 Å². The van der Waals surface area contributed by atoms with Crippen LogP contribution in [0.1, 0.15) is 24.3 Å². The van der Waals surface area contributed by atoms with Crippen molar-refractivity contribution >= 4 is 33.9 Å². The molecule has 2 nitrogen and oxygen atoms in total. The van der Waals surface area contributed by atoms with Gasteiger partial charge in [0.15, 0.2) is 0 Å². The topological polar surface area (TPSA) is 38.0 Å². The molecular weight excluding hydrogens is 271 g/mol. The van der Waals surface area contributed by atoms with Gasteiger partial charge in [-0.3, -0.25) is 11.3 Å². The normalized spacial score (nSPS) is 13.4. The van der Waals surface area contributed by atoms with Crippen LogP contribution in [0, 0.1) is 3.57 Å². The molecule has 1 aromatic rings. The van der Waals surface area contributed by atoms with E-state index in [1.807, 2.05) is 0 Å². The van der Waals surface area contributed by atoms with Gasteiger partial charge in [-0.05, 0) is 40.5 Å². The van der Waals surface area contributed by atoms with Gasteiger partial charge in [-0.15, -0.1) is 11.3 Å². The summed E-state index contributed by atoms with van der Waals surface area (Å²) in [6, 6.07) is 2.43. The van der Waals surface area contributed by atoms with Crippen molar-refractivity contribution in [1.29, 1.82) is 0 Å². The number of rotatable bonds is 3. The first kappa shape index (κ1) is 9.44. The van der Waals surface area contributed by atoms with Crippen LogP contribution in [0.15, 0.2) is 11.4 Å². The molecule has 0 aliphatic heterocycles. The fourth-order valence-corrected chi connectivity index (χ4v) is 3.04. The molecule has 0 radical (unpaired) electrons. The Hall–Kier alpha value is 0.350. The molecule has 1 atom stereocenters. The van der Waals surface area contributed by atoms with Crippen LogP contribution >= 0.6 is 33.9 Å². The quantitative estimate of drug-likeness (QED) is 0.507. The minimum absolute atomic E-state index is 0.321. The SMILES string of the molecule is CCC(NN)c1sccc1I. The maximum Gasteiger partial charge on any atom is 0.0561 e. The average molecular weight is 282 g/mol. The van der Waals surface area contributed by atoms with Crippen LogP contribution in [-0.4, -0.2) is 0 Å². The lowest BCUT2D eigenvalue weighted by Gasteiger charge is -2.11. The third-order valence-corrected chi connectivity index (χ3v) is 3.91. The highest BCUT2D eigenvalue weighted by Crippen LogP contribution is 2.26. The number of nitrogens with two attached hydrogens (primary N) is 1. The minimum Gasteiger partial charge on any atom is -0.271 e. The van der Waals surface area contributed by atoms with Crippen LogP contribution in [0.2, 0.25) is 0 Å². The number of thiophene rings is 1. The van der Waals surface area contributed by atoms with Gasteiger partial charge in [0, 0.05) is 8.45 Å². The molecule has 4 heteroatoms. The summed E-state index contributed by atoms with van der Waals surface area (Å²) < 4.78 is 1.30. The molecule has 0 spiro atoms. The molecule has 11 heavy (non-hydrogen) atoms. The first-order valence-electron chi connectivity index (χ1n) is 3.48. The molecule has 0 bridgehead atoms. The van der Waals surface area contributed by atoms with Crippen molar-refractivity contribution in [1.82, 2.24) is 5.43 Å². The van der Waals surface area contributed by atoms with E-state index in [0.29, 0.717) is 6.04 Å². The van der Waals surface area contributed by atoms with Gasteiger partial charge in [-0.1, -0.05) is 6.92 Å². The molecule has 0 amide bonds. The van der Waals surface area contributed by atoms with Crippen molar-refractivity contribution in [2.45, 2.75) is 19.4 Å². The van der Waals surface area contributed by atoms with E-state index in [1.54, 1.807) is 11.3 Å². The van der Waals surface area contributed by atoms with E-state index in [1.165, 1.54) is 8.45 Å². The van der Waals surface area contributed by atoms with E-state index in [9.17, 15) is 0 Å². The van der Waals surface area contributed by atoms with Crippen molar-refractivity contribution in [3.63, 3.8) is 0 Å². The number of hydrazine groups is 1. The lowest BCUT2D eigenvalue weighted by atomic mass is 10.2. The Kier molecular flexibility index (Phi) is 3.77. The second-order valence-electron chi connectivity index (χ2n) is 2.26. The molecule has 1 rings (SSSR count). The maximum atomic E-state index is 5.40. The third kappa shape index (κ3) is 2.14. The fraction of sp³-hybridized carbons (Fsp3) is 0.429. The smallest absolute Gasteiger partial charge is 0.0561 e. The highest BCUT2D eigenvalue weighted by molar-refractivity contribution is 14.1. The van der Waals surface area contributed by atoms with Crippen molar-refractivity contribution in [3.8, 4) is 0 Å². The van der Waals surface area contributed by atoms with Gasteiger partial charge in [0.25, 0.3) is 0 Å². The Morgan fingerprint density at radius 3 is 2.91 bits per heavy atom. The van der Waals surface area contributed by atoms with Gasteiger partial charge >= 0.3 is 0 Å². The van der Waals surface area contributed by atoms with Gasteiger partial charge in [0.05, 0.1) is 6.04 Å². The summed E-state index contributed by atoms with van der Waals surface area (Å²) in [7, 11) is 0. The number of nitrogens with one attached hydrogen (secondary N) is 1. The summed E-state index contributed by atoms with van der Waals surface area (Å²) in [5.74, 6) is 5.40. The predicted octanol–water partition coefficient (Wildman–Crippen LogP) is 2.27. The molecule has 3 N–H and O–H groups in total. The summed E-state index contributed by atoms with van der Waals surface area (Å²) in [5.41, 5.74) is 2.80. The first-order chi connectivity index (χ1) is 5.29. The van der Waals surface area contributed by atoms with Crippen molar-refractivity contribution in [2.75, 3.05) is 0 Å². The average Bonchev–Trinajstić information content (AvgIpc) is 2.40. The van der Waals surface area contributed by atoms with Gasteiger partial charge in [-0.2, -0.15) is 0 Å². The van der Waals surface area contributed by atoms with E-state index < -0.39 is 0 Å². The fourth-order valence-electron chi connectivity index (χ4n) is 0.933. The lowest BCUT2D eigenvalue weighted by Crippen LogP contribution is -2.27. The molecule has 0 saturated heterocycles. The zero-order chi connectivity index (χ0) is 8.27. The molecule has 0 saturated carbocycles. The summed E-state index contributed by atoms with van der Waals surface area (Å²) in [4.78, 5) is 1.34. The van der Waals surface area contributed by atoms with Crippen molar-refractivity contribution in [2.24, 2.45) is 5.84 Å². The van der Waals surface area contributed by atoms with E-state index in [-0.39, 0.29) is 0 Å². The Morgan fingerprint density at radius 2 is 2.55 bits per heavy atom. The highest BCUT2D eigenvalue weighted by atomic mass is 127. The van der Waals surface area contributed by atoms with E-state index in [0.717, 1.165) is 6.42 Å². The molecule has 0 aromatic carbocycles. The van der Waals surface area contributed by atoms with Gasteiger partial charge < -0.3 is 0 Å². The van der Waals surface area contributed by atoms with Gasteiger partial charge in [-0.25, -0.2) is 0 Å². The summed E-state index contributed by atoms with van der Waals surface area (Å²) in [6.07, 6.45) is 1.03. The maximum absolute atomic E-state index is 5.40. The van der Waals surface area contributed by atoms with Crippen molar-refractivity contribution in [3.05, 3.63) is 19.9 Å². The van der Waals surface area contributed by atoms with E-state index >= 15 is 0 Å². The van der Waals surface area contributed by atoms with Crippen LogP contribution in [-0.2, 0) is 0 Å². The van der Waals surface area contributed by atoms with Crippen LogP contribution in [0.5, 0.6) is 0 Å². The second-order valence-corrected chi connectivity index (χ2v) is 4.37. The lowest BCUT2D eigenvalue weighted by molar-refractivity contribution is 0.546. The molecule has 0 aliphatic carbocycles. The second kappa shape index (κ2) is 4.39. The molecule has 0 aliphatic rings. The Labute approximate surface area is 84.3 Å². The van der Waals surface area contributed by atoms with Crippen LogP contribution in [0.4, 0.5) is 0 Å². The van der Waals surface area contributed by atoms with Crippen LogP contribution in [0.3, 0.4) is 0 Å². The van der Waals surface area contributed by atoms with Crippen LogP contribution < -0.4 is 11.3 Å². The van der Waals surface area contributed by atoms with Gasteiger partial charge in [0.1, 0.15) is 0 Å². The minimum atomic E-state index is 0.321. The Balaban J connectivity index is 2.81. The Morgan fingerprint density at radius 1 is 1.82 bits per heavy atom. The standard InChI is InChI=1S/C7H11IN2S/c1-2-6(10-9)7-5(8)3-4-11-7/h3-4,6,10H,2,9H2,1H3. The summed E-state index contributed by atoms with van der Waals surface area (Å²) in [5, 5.41) is 2.09. The van der Waals surface area contributed by atoms with Crippen molar-refractivity contribution < 1.29 is 0 Å². The Bertz CT molecular complexity index is 220.